The number of ether oxygens (including phenoxy) is 1. The van der Waals surface area contributed by atoms with Gasteiger partial charge in [-0.2, -0.15) is 5.10 Å². The molecule has 10 nitrogen and oxygen atoms in total. The fraction of sp³-hybridized carbons (Fsp3) is 0.111. The van der Waals surface area contributed by atoms with Gasteiger partial charge in [0.1, 0.15) is 29.3 Å². The molecule has 0 spiro atoms. The Hall–Kier alpha value is -5.12. The van der Waals surface area contributed by atoms with Crippen LogP contribution in [0.4, 0.5) is 5.82 Å². The number of anilines is 1. The standard InChI is InChI=1S/C27H20N6O4/c1-2-21(34)32-26(35)19-12-16(13-20(19)27(32)36)33-25-22(24(28)29-14-30-25)23(31-33)15-8-10-18(11-9-15)37-17-6-4-3-5-7-17/h2-11,14,16H,1,12-13H2,(H2,28,29,30). The van der Waals surface area contributed by atoms with Crippen LogP contribution in [0.15, 0.2) is 84.7 Å². The maximum absolute atomic E-state index is 12.8. The average Bonchev–Trinajstić information content (AvgIpc) is 3.58. The SMILES string of the molecule is C=CC(=O)N1C(=O)C2=C(CC(n3nc(-c4ccc(Oc5ccccc5)cc4)c4c(N)ncnc43)C2)C1=O. The number of hydrogen-bond donors (Lipinski definition) is 1. The summed E-state index contributed by atoms with van der Waals surface area (Å²) in [5.74, 6) is -0.284. The van der Waals surface area contributed by atoms with E-state index in [4.69, 9.17) is 15.6 Å². The van der Waals surface area contributed by atoms with Crippen LogP contribution in [0, 0.1) is 0 Å². The molecule has 3 heterocycles. The lowest BCUT2D eigenvalue weighted by molar-refractivity contribution is -0.146. The van der Waals surface area contributed by atoms with E-state index in [1.807, 2.05) is 54.6 Å². The van der Waals surface area contributed by atoms with Crippen molar-refractivity contribution < 1.29 is 19.1 Å². The molecule has 2 aromatic carbocycles. The predicted octanol–water partition coefficient (Wildman–Crippen LogP) is 3.58. The number of nitrogens with two attached hydrogens (primary N) is 1. The number of aromatic nitrogens is 4. The lowest BCUT2D eigenvalue weighted by atomic mass is 10.1. The van der Waals surface area contributed by atoms with Gasteiger partial charge in [-0.05, 0) is 42.5 Å². The van der Waals surface area contributed by atoms with E-state index in [0.29, 0.717) is 38.5 Å². The predicted molar refractivity (Wildman–Crippen MR) is 134 cm³/mol. The van der Waals surface area contributed by atoms with Gasteiger partial charge in [0, 0.05) is 29.6 Å². The lowest BCUT2D eigenvalue weighted by Crippen LogP contribution is -2.37. The number of imide groups is 3. The third kappa shape index (κ3) is 3.57. The van der Waals surface area contributed by atoms with E-state index in [1.54, 1.807) is 4.68 Å². The topological polar surface area (TPSA) is 133 Å². The second kappa shape index (κ2) is 8.52. The molecule has 2 aliphatic rings. The minimum Gasteiger partial charge on any atom is -0.457 e. The quantitative estimate of drug-likeness (QED) is 0.330. The van der Waals surface area contributed by atoms with Gasteiger partial charge in [-0.15, -0.1) is 0 Å². The molecule has 0 saturated carbocycles. The Kier molecular flexibility index (Phi) is 5.15. The second-order valence-electron chi connectivity index (χ2n) is 8.70. The number of carbonyl (C=O) groups is 3. The summed E-state index contributed by atoms with van der Waals surface area (Å²) in [5.41, 5.74) is 8.73. The molecule has 37 heavy (non-hydrogen) atoms. The van der Waals surface area contributed by atoms with Gasteiger partial charge >= 0.3 is 0 Å². The number of amides is 3. The molecule has 0 saturated heterocycles. The van der Waals surface area contributed by atoms with E-state index >= 15 is 0 Å². The molecule has 2 aromatic heterocycles. The van der Waals surface area contributed by atoms with Crippen LogP contribution in [0.2, 0.25) is 0 Å². The molecule has 0 radical (unpaired) electrons. The first-order valence-electron chi connectivity index (χ1n) is 11.6. The van der Waals surface area contributed by atoms with Crippen molar-refractivity contribution in [3.63, 3.8) is 0 Å². The van der Waals surface area contributed by atoms with Crippen LogP contribution in [0.1, 0.15) is 18.9 Å². The Labute approximate surface area is 210 Å². The van der Waals surface area contributed by atoms with Crippen molar-refractivity contribution in [2.75, 3.05) is 5.73 Å². The number of benzene rings is 2. The molecule has 0 unspecified atom stereocenters. The second-order valence-corrected chi connectivity index (χ2v) is 8.70. The van der Waals surface area contributed by atoms with Crippen LogP contribution < -0.4 is 10.5 Å². The average molecular weight is 492 g/mol. The minimum atomic E-state index is -0.729. The lowest BCUT2D eigenvalue weighted by Gasteiger charge is -2.17. The van der Waals surface area contributed by atoms with Gasteiger partial charge in [0.05, 0.1) is 11.4 Å². The highest BCUT2D eigenvalue weighted by Gasteiger charge is 2.46. The summed E-state index contributed by atoms with van der Waals surface area (Å²) < 4.78 is 7.57. The fourth-order valence-corrected chi connectivity index (χ4v) is 4.81. The zero-order chi connectivity index (χ0) is 25.7. The van der Waals surface area contributed by atoms with Crippen molar-refractivity contribution in [1.82, 2.24) is 24.6 Å². The monoisotopic (exact) mass is 492 g/mol. The smallest absolute Gasteiger partial charge is 0.264 e. The molecule has 182 valence electrons. The Morgan fingerprint density at radius 2 is 1.62 bits per heavy atom. The summed E-state index contributed by atoms with van der Waals surface area (Å²) in [4.78, 5) is 46.7. The summed E-state index contributed by atoms with van der Waals surface area (Å²) in [6.07, 6.45) is 2.79. The van der Waals surface area contributed by atoms with E-state index < -0.39 is 17.7 Å². The Balaban J connectivity index is 1.33. The summed E-state index contributed by atoms with van der Waals surface area (Å²) >= 11 is 0. The van der Waals surface area contributed by atoms with Crippen molar-refractivity contribution in [3.8, 4) is 22.8 Å². The van der Waals surface area contributed by atoms with Gasteiger partial charge in [-0.25, -0.2) is 19.5 Å². The zero-order valence-electron chi connectivity index (χ0n) is 19.5. The largest absolute Gasteiger partial charge is 0.457 e. The number of nitrogens with zero attached hydrogens (tertiary/aromatic N) is 5. The van der Waals surface area contributed by atoms with Crippen LogP contribution in [0.5, 0.6) is 11.5 Å². The highest BCUT2D eigenvalue weighted by Crippen LogP contribution is 2.43. The minimum absolute atomic E-state index is 0.241. The van der Waals surface area contributed by atoms with E-state index in [2.05, 4.69) is 16.5 Å². The molecule has 2 N–H and O–H groups in total. The van der Waals surface area contributed by atoms with Crippen molar-refractivity contribution >= 4 is 34.6 Å². The Morgan fingerprint density at radius 3 is 2.27 bits per heavy atom. The number of hydrogen-bond acceptors (Lipinski definition) is 8. The van der Waals surface area contributed by atoms with Crippen LogP contribution >= 0.6 is 0 Å². The maximum Gasteiger partial charge on any atom is 0.264 e. The first-order chi connectivity index (χ1) is 18.0. The number of likely N-dealkylation sites (tertiary alicyclic amines) is 1. The Bertz CT molecular complexity index is 1610. The third-order valence-corrected chi connectivity index (χ3v) is 6.53. The molecular weight excluding hydrogens is 472 g/mol. The molecule has 0 fully saturated rings. The van der Waals surface area contributed by atoms with Gasteiger partial charge < -0.3 is 10.5 Å². The number of rotatable bonds is 5. The maximum atomic E-state index is 12.8. The summed E-state index contributed by atoms with van der Waals surface area (Å²) in [6, 6.07) is 16.5. The van der Waals surface area contributed by atoms with Gasteiger partial charge in [0.15, 0.2) is 5.65 Å². The van der Waals surface area contributed by atoms with E-state index in [9.17, 15) is 14.4 Å². The molecule has 0 bridgehead atoms. The van der Waals surface area contributed by atoms with Gasteiger partial charge in [0.2, 0.25) is 0 Å². The third-order valence-electron chi connectivity index (χ3n) is 6.53. The molecule has 10 heteroatoms. The van der Waals surface area contributed by atoms with Crippen molar-refractivity contribution in [3.05, 3.63) is 84.7 Å². The number of fused-ring (bicyclic) bond motifs is 1. The number of para-hydroxylation sites is 1. The highest BCUT2D eigenvalue weighted by molar-refractivity contribution is 6.29. The van der Waals surface area contributed by atoms with Crippen molar-refractivity contribution in [1.29, 1.82) is 0 Å². The van der Waals surface area contributed by atoms with Gasteiger partial charge in [0.25, 0.3) is 17.7 Å². The van der Waals surface area contributed by atoms with Crippen molar-refractivity contribution in [2.45, 2.75) is 18.9 Å². The molecule has 6 rings (SSSR count). The van der Waals surface area contributed by atoms with Crippen LogP contribution in [-0.4, -0.2) is 42.4 Å². The molecular formula is C27H20N6O4. The summed E-state index contributed by atoms with van der Waals surface area (Å²) in [5, 5.41) is 5.39. The van der Waals surface area contributed by atoms with Crippen LogP contribution in [-0.2, 0) is 14.4 Å². The molecule has 1 aliphatic carbocycles. The van der Waals surface area contributed by atoms with E-state index in [-0.39, 0.29) is 24.7 Å². The summed E-state index contributed by atoms with van der Waals surface area (Å²) in [6.45, 7) is 3.37. The van der Waals surface area contributed by atoms with E-state index in [0.717, 1.165) is 17.4 Å². The highest BCUT2D eigenvalue weighted by atomic mass is 16.5. The molecule has 4 aromatic rings. The molecule has 1 aliphatic heterocycles. The van der Waals surface area contributed by atoms with Crippen LogP contribution in [0.3, 0.4) is 0 Å². The van der Waals surface area contributed by atoms with Crippen molar-refractivity contribution in [2.24, 2.45) is 0 Å². The first-order valence-corrected chi connectivity index (χ1v) is 11.6. The van der Waals surface area contributed by atoms with Crippen LogP contribution in [0.25, 0.3) is 22.3 Å². The van der Waals surface area contributed by atoms with Gasteiger partial charge in [-0.1, -0.05) is 24.8 Å². The molecule has 0 atom stereocenters. The normalized spacial score (nSPS) is 15.5. The number of nitrogen functional groups attached to an aromatic ring is 1. The summed E-state index contributed by atoms with van der Waals surface area (Å²) in [7, 11) is 0. The fourth-order valence-electron chi connectivity index (χ4n) is 4.81. The van der Waals surface area contributed by atoms with Gasteiger partial charge in [-0.3, -0.25) is 14.4 Å². The molecule has 3 amide bonds. The Morgan fingerprint density at radius 1 is 0.973 bits per heavy atom. The number of carbonyl (C=O) groups excluding carboxylic acids is 3. The first kappa shape index (κ1) is 22.4. The van der Waals surface area contributed by atoms with E-state index in [1.165, 1.54) is 6.33 Å². The zero-order valence-corrected chi connectivity index (χ0v) is 19.5.